The largest absolute Gasteiger partial charge is 0.379 e. The van der Waals surface area contributed by atoms with Gasteiger partial charge in [-0.15, -0.1) is 0 Å². The van der Waals surface area contributed by atoms with Crippen LogP contribution in [-0.2, 0) is 24.5 Å². The first-order valence-corrected chi connectivity index (χ1v) is 14.3. The minimum atomic E-state index is -4.03. The molecule has 0 unspecified atom stereocenters. The van der Waals surface area contributed by atoms with Crippen molar-refractivity contribution in [2.24, 2.45) is 5.92 Å². The number of imide groups is 1. The van der Waals surface area contributed by atoms with Crippen LogP contribution in [0.5, 0.6) is 5.75 Å². The summed E-state index contributed by atoms with van der Waals surface area (Å²) in [6.45, 7) is 0. The van der Waals surface area contributed by atoms with Crippen LogP contribution in [0.2, 0.25) is 10.0 Å². The highest BCUT2D eigenvalue weighted by Crippen LogP contribution is 2.48. The molecule has 4 aromatic carbocycles. The first-order chi connectivity index (χ1) is 19.2. The maximum Gasteiger partial charge on any atom is 0.339 e. The predicted molar refractivity (Wildman–Crippen MR) is 150 cm³/mol. The van der Waals surface area contributed by atoms with Crippen molar-refractivity contribution in [3.63, 3.8) is 0 Å². The molecule has 0 spiro atoms. The summed E-state index contributed by atoms with van der Waals surface area (Å²) in [5.74, 6) is -1.77. The quantitative estimate of drug-likeness (QED) is 0.205. The molecule has 2 aliphatic rings. The van der Waals surface area contributed by atoms with E-state index in [0.717, 1.165) is 4.90 Å². The van der Waals surface area contributed by atoms with Crippen molar-refractivity contribution in [3.8, 4) is 5.75 Å². The molecule has 8 nitrogen and oxygen atoms in total. The molecular weight excluding hydrogens is 575 g/mol. The molecule has 2 saturated heterocycles. The molecule has 202 valence electrons. The zero-order valence-corrected chi connectivity index (χ0v) is 22.9. The molecular formula is C29H20Cl2N2O6S. The Labute approximate surface area is 240 Å². The molecule has 0 bridgehead atoms. The number of rotatable bonds is 6. The number of benzene rings is 4. The molecule has 2 heterocycles. The fourth-order valence-electron chi connectivity index (χ4n) is 4.91. The minimum Gasteiger partial charge on any atom is -0.379 e. The van der Waals surface area contributed by atoms with Crippen molar-refractivity contribution in [1.82, 2.24) is 0 Å². The molecule has 11 heteroatoms. The number of hydrogen-bond donors (Lipinski definition) is 0. The van der Waals surface area contributed by atoms with Gasteiger partial charge >= 0.3 is 10.1 Å². The van der Waals surface area contributed by atoms with Gasteiger partial charge in [0.05, 0.1) is 27.5 Å². The maximum atomic E-state index is 13.8. The predicted octanol–water partition coefficient (Wildman–Crippen LogP) is 5.81. The number of hydrogen-bond acceptors (Lipinski definition) is 7. The van der Waals surface area contributed by atoms with Crippen molar-refractivity contribution < 1.29 is 27.0 Å². The molecule has 3 atom stereocenters. The number of hydroxylamine groups is 1. The second-order valence-electron chi connectivity index (χ2n) is 9.19. The van der Waals surface area contributed by atoms with E-state index in [9.17, 15) is 18.0 Å². The normalized spacial score (nSPS) is 20.6. The Hall–Kier alpha value is -3.89. The van der Waals surface area contributed by atoms with E-state index in [0.29, 0.717) is 22.0 Å². The van der Waals surface area contributed by atoms with Crippen molar-refractivity contribution in [2.75, 3.05) is 9.96 Å². The Kier molecular flexibility index (Phi) is 6.75. The molecule has 0 aliphatic carbocycles. The average Bonchev–Trinajstić information content (AvgIpc) is 3.47. The van der Waals surface area contributed by atoms with E-state index < -0.39 is 40.0 Å². The summed E-state index contributed by atoms with van der Waals surface area (Å²) in [5, 5.41) is 2.06. The van der Waals surface area contributed by atoms with Gasteiger partial charge in [-0.1, -0.05) is 71.7 Å². The number of carbonyl (C=O) groups is 2. The van der Waals surface area contributed by atoms with Crippen LogP contribution in [0, 0.1) is 5.92 Å². The molecule has 40 heavy (non-hydrogen) atoms. The van der Waals surface area contributed by atoms with Gasteiger partial charge in [-0.05, 0) is 60.2 Å². The number of fused-ring (bicyclic) bond motifs is 1. The Morgan fingerprint density at radius 3 is 2.02 bits per heavy atom. The summed E-state index contributed by atoms with van der Waals surface area (Å²) >= 11 is 12.2. The van der Waals surface area contributed by atoms with Gasteiger partial charge in [0.15, 0.2) is 6.10 Å². The maximum absolute atomic E-state index is 13.8. The second-order valence-corrected chi connectivity index (χ2v) is 11.5. The van der Waals surface area contributed by atoms with Crippen molar-refractivity contribution in [3.05, 3.63) is 119 Å². The molecule has 2 aliphatic heterocycles. The van der Waals surface area contributed by atoms with Crippen LogP contribution in [0.15, 0.2) is 108 Å². The van der Waals surface area contributed by atoms with E-state index in [1.54, 1.807) is 41.5 Å². The zero-order valence-electron chi connectivity index (χ0n) is 20.6. The van der Waals surface area contributed by atoms with Crippen LogP contribution in [-0.4, -0.2) is 26.3 Å². The lowest BCUT2D eigenvalue weighted by Crippen LogP contribution is -2.37. The third kappa shape index (κ3) is 4.61. The number of amides is 2. The summed E-state index contributed by atoms with van der Waals surface area (Å²) in [5.41, 5.74) is 1.57. The van der Waals surface area contributed by atoms with Crippen LogP contribution >= 0.6 is 23.2 Å². The second kappa shape index (κ2) is 10.3. The van der Waals surface area contributed by atoms with E-state index in [1.165, 1.54) is 36.4 Å². The average molecular weight is 595 g/mol. The van der Waals surface area contributed by atoms with Gasteiger partial charge in [-0.2, -0.15) is 8.42 Å². The molecule has 6 rings (SSSR count). The molecule has 2 amide bonds. The molecule has 2 fully saturated rings. The lowest BCUT2D eigenvalue weighted by Gasteiger charge is -2.29. The number of para-hydroxylation sites is 1. The van der Waals surface area contributed by atoms with Gasteiger partial charge in [0.1, 0.15) is 16.6 Å². The number of nitrogens with zero attached hydrogens (tertiary/aromatic N) is 2. The Bertz CT molecular complexity index is 1700. The van der Waals surface area contributed by atoms with E-state index in [4.69, 9.17) is 32.2 Å². The number of carbonyl (C=O) groups excluding carboxylic acids is 2. The van der Waals surface area contributed by atoms with Crippen molar-refractivity contribution in [1.29, 1.82) is 0 Å². The van der Waals surface area contributed by atoms with Crippen LogP contribution < -0.4 is 14.1 Å². The summed E-state index contributed by atoms with van der Waals surface area (Å²) in [6.07, 6.45) is -1.08. The number of anilines is 2. The highest BCUT2D eigenvalue weighted by Gasteiger charge is 2.60. The van der Waals surface area contributed by atoms with E-state index in [2.05, 4.69) is 0 Å². The van der Waals surface area contributed by atoms with E-state index in [1.807, 2.05) is 30.3 Å². The Morgan fingerprint density at radius 1 is 0.725 bits per heavy atom. The summed E-state index contributed by atoms with van der Waals surface area (Å²) in [4.78, 5) is 34.5. The molecule has 0 saturated carbocycles. The third-order valence-electron chi connectivity index (χ3n) is 6.75. The van der Waals surface area contributed by atoms with Gasteiger partial charge in [0.2, 0.25) is 5.91 Å². The van der Waals surface area contributed by atoms with Crippen LogP contribution in [0.1, 0.15) is 11.6 Å². The van der Waals surface area contributed by atoms with E-state index in [-0.39, 0.29) is 15.7 Å². The lowest BCUT2D eigenvalue weighted by atomic mass is 9.90. The number of halogens is 2. The molecule has 0 radical (unpaired) electrons. The van der Waals surface area contributed by atoms with E-state index >= 15 is 0 Å². The summed E-state index contributed by atoms with van der Waals surface area (Å²) in [6, 6.07) is 27.1. The minimum absolute atomic E-state index is 0.0267. The smallest absolute Gasteiger partial charge is 0.339 e. The Balaban J connectivity index is 1.35. The fraction of sp³-hybridized carbons (Fsp3) is 0.103. The van der Waals surface area contributed by atoms with Crippen LogP contribution in [0.3, 0.4) is 0 Å². The molecule has 0 aromatic heterocycles. The molecule has 4 aromatic rings. The van der Waals surface area contributed by atoms with Gasteiger partial charge in [-0.25, -0.2) is 9.96 Å². The van der Waals surface area contributed by atoms with Crippen LogP contribution in [0.25, 0.3) is 0 Å². The Morgan fingerprint density at radius 2 is 1.38 bits per heavy atom. The lowest BCUT2D eigenvalue weighted by molar-refractivity contribution is -0.126. The third-order valence-corrected chi connectivity index (χ3v) is 8.75. The van der Waals surface area contributed by atoms with Crippen molar-refractivity contribution >= 4 is 56.5 Å². The first kappa shape index (κ1) is 26.3. The van der Waals surface area contributed by atoms with Gasteiger partial charge < -0.3 is 4.18 Å². The SMILES string of the molecule is O=C1[C@H]2[C@@H](c3ccc(OS(=O)(=O)c4ccccc4)cc3)N(c3ccccc3)O[C@H]2C(=O)N1c1ccc(Cl)c(Cl)c1. The topological polar surface area (TPSA) is 93.2 Å². The van der Waals surface area contributed by atoms with Crippen molar-refractivity contribution in [2.45, 2.75) is 17.0 Å². The zero-order chi connectivity index (χ0) is 28.0. The van der Waals surface area contributed by atoms with Crippen LogP contribution in [0.4, 0.5) is 11.4 Å². The van der Waals surface area contributed by atoms with Gasteiger partial charge in [-0.3, -0.25) is 14.4 Å². The van der Waals surface area contributed by atoms with Gasteiger partial charge in [0, 0.05) is 0 Å². The highest BCUT2D eigenvalue weighted by atomic mass is 35.5. The molecule has 0 N–H and O–H groups in total. The fourth-order valence-corrected chi connectivity index (χ4v) is 6.16. The standard InChI is InChI=1S/C29H20Cl2N2O6S/c30-23-16-13-20(17-24(23)31)32-28(34)25-26(33(38-27(25)29(32)35)19-7-3-1-4-8-19)18-11-14-21(15-12-18)39-40(36,37)22-9-5-2-6-10-22/h1-17,25-27H/t25-,26+,27+/m0/s1. The summed E-state index contributed by atoms with van der Waals surface area (Å²) < 4.78 is 30.6. The summed E-state index contributed by atoms with van der Waals surface area (Å²) in [7, 11) is -4.03. The van der Waals surface area contributed by atoms with Gasteiger partial charge in [0.25, 0.3) is 5.91 Å². The first-order valence-electron chi connectivity index (χ1n) is 12.2. The monoisotopic (exact) mass is 594 g/mol. The highest BCUT2D eigenvalue weighted by molar-refractivity contribution is 7.87.